The van der Waals surface area contributed by atoms with Gasteiger partial charge < -0.3 is 14.2 Å². The first kappa shape index (κ1) is 20.9. The van der Waals surface area contributed by atoms with Crippen LogP contribution >= 0.6 is 11.6 Å². The molecule has 1 aromatic heterocycles. The summed E-state index contributed by atoms with van der Waals surface area (Å²) in [6.45, 7) is 10.8. The standard InChI is InChI=1S/C22H30ClN3O2/c1-16-13-19(18(3)26(16)17(2)15-28-4)22(27)14-24-9-11-25(12-10-24)21-8-6-5-7-20(21)23/h5-8,13,17H,9-12,14-15H2,1-4H3/t17-/m0/s1. The maximum absolute atomic E-state index is 13.0. The van der Waals surface area contributed by atoms with Crippen LogP contribution in [0.4, 0.5) is 5.69 Å². The van der Waals surface area contributed by atoms with Gasteiger partial charge in [0.2, 0.25) is 0 Å². The second-order valence-corrected chi connectivity index (χ2v) is 8.00. The van der Waals surface area contributed by atoms with Crippen LogP contribution < -0.4 is 4.90 Å². The zero-order valence-electron chi connectivity index (χ0n) is 17.2. The van der Waals surface area contributed by atoms with E-state index in [1.54, 1.807) is 7.11 Å². The van der Waals surface area contributed by atoms with Crippen molar-refractivity contribution in [3.8, 4) is 0 Å². The van der Waals surface area contributed by atoms with Gasteiger partial charge in [0.05, 0.1) is 29.9 Å². The van der Waals surface area contributed by atoms with E-state index in [0.717, 1.165) is 53.8 Å². The molecule has 0 aliphatic carbocycles. The lowest BCUT2D eigenvalue weighted by molar-refractivity contribution is 0.0925. The van der Waals surface area contributed by atoms with Crippen LogP contribution in [-0.4, -0.2) is 61.7 Å². The van der Waals surface area contributed by atoms with Gasteiger partial charge in [-0.3, -0.25) is 9.69 Å². The van der Waals surface area contributed by atoms with Gasteiger partial charge in [-0.1, -0.05) is 23.7 Å². The van der Waals surface area contributed by atoms with Gasteiger partial charge in [-0.05, 0) is 39.0 Å². The highest BCUT2D eigenvalue weighted by Gasteiger charge is 2.23. The molecular formula is C22H30ClN3O2. The van der Waals surface area contributed by atoms with Crippen molar-refractivity contribution in [2.24, 2.45) is 0 Å². The molecule has 152 valence electrons. The second kappa shape index (κ2) is 9.12. The van der Waals surface area contributed by atoms with E-state index >= 15 is 0 Å². The number of para-hydroxylation sites is 1. The summed E-state index contributed by atoms with van der Waals surface area (Å²) in [4.78, 5) is 17.5. The molecule has 1 aliphatic heterocycles. The number of carbonyl (C=O) groups is 1. The van der Waals surface area contributed by atoms with Crippen LogP contribution in [0.2, 0.25) is 5.02 Å². The Morgan fingerprint density at radius 1 is 1.18 bits per heavy atom. The lowest BCUT2D eigenvalue weighted by Gasteiger charge is -2.36. The van der Waals surface area contributed by atoms with Crippen LogP contribution in [0.1, 0.15) is 34.7 Å². The Hall–Kier alpha value is -1.82. The molecule has 0 N–H and O–H groups in total. The van der Waals surface area contributed by atoms with E-state index < -0.39 is 0 Å². The van der Waals surface area contributed by atoms with Crippen molar-refractivity contribution in [3.05, 3.63) is 52.3 Å². The van der Waals surface area contributed by atoms with E-state index in [2.05, 4.69) is 34.3 Å². The highest BCUT2D eigenvalue weighted by Crippen LogP contribution is 2.26. The van der Waals surface area contributed by atoms with Crippen molar-refractivity contribution in [1.29, 1.82) is 0 Å². The average Bonchev–Trinajstić information content (AvgIpc) is 2.97. The molecule has 1 fully saturated rings. The fourth-order valence-corrected chi connectivity index (χ4v) is 4.45. The maximum atomic E-state index is 13.0. The topological polar surface area (TPSA) is 37.7 Å². The van der Waals surface area contributed by atoms with Crippen molar-refractivity contribution < 1.29 is 9.53 Å². The Kier molecular flexibility index (Phi) is 6.81. The number of hydrogen-bond acceptors (Lipinski definition) is 4. The number of methoxy groups -OCH3 is 1. The normalized spacial score (nSPS) is 16.4. The lowest BCUT2D eigenvalue weighted by atomic mass is 10.1. The third kappa shape index (κ3) is 4.43. The molecule has 0 radical (unpaired) electrons. The molecule has 1 aliphatic rings. The molecule has 5 nitrogen and oxygen atoms in total. The highest BCUT2D eigenvalue weighted by molar-refractivity contribution is 6.33. The van der Waals surface area contributed by atoms with E-state index in [9.17, 15) is 4.79 Å². The molecule has 1 atom stereocenters. The summed E-state index contributed by atoms with van der Waals surface area (Å²) in [6.07, 6.45) is 0. The number of rotatable bonds is 7. The predicted molar refractivity (Wildman–Crippen MR) is 115 cm³/mol. The minimum absolute atomic E-state index is 0.190. The van der Waals surface area contributed by atoms with Gasteiger partial charge >= 0.3 is 0 Å². The fraction of sp³-hybridized carbons (Fsp3) is 0.500. The Bertz CT molecular complexity index is 825. The average molecular weight is 404 g/mol. The Labute approximate surface area is 172 Å². The predicted octanol–water partition coefficient (Wildman–Crippen LogP) is 3.97. The SMILES string of the molecule is COC[C@H](C)n1c(C)cc(C(=O)CN2CCN(c3ccccc3Cl)CC2)c1C. The van der Waals surface area contributed by atoms with Crippen molar-refractivity contribution in [1.82, 2.24) is 9.47 Å². The number of piperazine rings is 1. The fourth-order valence-electron chi connectivity index (χ4n) is 4.20. The van der Waals surface area contributed by atoms with Gasteiger partial charge in [0, 0.05) is 50.2 Å². The summed E-state index contributed by atoms with van der Waals surface area (Å²) in [5.74, 6) is 0.190. The summed E-state index contributed by atoms with van der Waals surface area (Å²) in [5, 5.41) is 0.782. The molecule has 6 heteroatoms. The lowest BCUT2D eigenvalue weighted by Crippen LogP contribution is -2.48. The van der Waals surface area contributed by atoms with Crippen molar-refractivity contribution in [3.63, 3.8) is 0 Å². The molecule has 1 aromatic carbocycles. The minimum Gasteiger partial charge on any atom is -0.383 e. The van der Waals surface area contributed by atoms with Crippen molar-refractivity contribution in [2.75, 3.05) is 51.3 Å². The molecule has 0 amide bonds. The van der Waals surface area contributed by atoms with E-state index in [0.29, 0.717) is 13.2 Å². The summed E-state index contributed by atoms with van der Waals surface area (Å²) in [5.41, 5.74) is 4.04. The van der Waals surface area contributed by atoms with E-state index in [-0.39, 0.29) is 11.8 Å². The molecule has 2 heterocycles. The smallest absolute Gasteiger partial charge is 0.178 e. The number of nitrogens with zero attached hydrogens (tertiary/aromatic N) is 3. The summed E-state index contributed by atoms with van der Waals surface area (Å²) >= 11 is 6.32. The molecule has 1 saturated heterocycles. The van der Waals surface area contributed by atoms with Crippen LogP contribution in [-0.2, 0) is 4.74 Å². The number of ketones is 1. The number of aryl methyl sites for hydroxylation is 1. The van der Waals surface area contributed by atoms with Gasteiger partial charge in [0.15, 0.2) is 5.78 Å². The third-order valence-corrected chi connectivity index (χ3v) is 5.89. The van der Waals surface area contributed by atoms with Crippen LogP contribution in [0.15, 0.2) is 30.3 Å². The zero-order valence-corrected chi connectivity index (χ0v) is 18.0. The van der Waals surface area contributed by atoms with Crippen LogP contribution in [0.25, 0.3) is 0 Å². The molecule has 28 heavy (non-hydrogen) atoms. The molecule has 2 aromatic rings. The highest BCUT2D eigenvalue weighted by atomic mass is 35.5. The van der Waals surface area contributed by atoms with Gasteiger partial charge in [-0.25, -0.2) is 0 Å². The summed E-state index contributed by atoms with van der Waals surface area (Å²) < 4.78 is 7.49. The minimum atomic E-state index is 0.190. The van der Waals surface area contributed by atoms with Crippen LogP contribution in [0.3, 0.4) is 0 Å². The van der Waals surface area contributed by atoms with E-state index in [4.69, 9.17) is 16.3 Å². The summed E-state index contributed by atoms with van der Waals surface area (Å²) in [7, 11) is 1.71. The quantitative estimate of drug-likeness (QED) is 0.655. The maximum Gasteiger partial charge on any atom is 0.178 e. The first-order valence-electron chi connectivity index (χ1n) is 9.84. The number of halogens is 1. The molecule has 0 bridgehead atoms. The van der Waals surface area contributed by atoms with Gasteiger partial charge in [0.1, 0.15) is 0 Å². The molecule has 3 rings (SSSR count). The number of carbonyl (C=O) groups excluding carboxylic acids is 1. The van der Waals surface area contributed by atoms with Crippen LogP contribution in [0.5, 0.6) is 0 Å². The van der Waals surface area contributed by atoms with Crippen molar-refractivity contribution in [2.45, 2.75) is 26.8 Å². The summed E-state index contributed by atoms with van der Waals surface area (Å²) in [6, 6.07) is 10.2. The number of ether oxygens (including phenoxy) is 1. The molecular weight excluding hydrogens is 374 g/mol. The first-order chi connectivity index (χ1) is 13.4. The molecule has 0 unspecified atom stereocenters. The molecule has 0 saturated carbocycles. The molecule has 0 spiro atoms. The first-order valence-corrected chi connectivity index (χ1v) is 10.2. The van der Waals surface area contributed by atoms with E-state index in [1.807, 2.05) is 31.2 Å². The second-order valence-electron chi connectivity index (χ2n) is 7.60. The van der Waals surface area contributed by atoms with Gasteiger partial charge in [-0.15, -0.1) is 0 Å². The Balaban J connectivity index is 1.62. The Morgan fingerprint density at radius 2 is 1.86 bits per heavy atom. The van der Waals surface area contributed by atoms with Crippen LogP contribution in [0, 0.1) is 13.8 Å². The monoisotopic (exact) mass is 403 g/mol. The number of Topliss-reactive ketones (excluding diaryl/α,β-unsaturated/α-hetero) is 1. The number of hydrogen-bond donors (Lipinski definition) is 0. The third-order valence-electron chi connectivity index (χ3n) is 5.57. The van der Waals surface area contributed by atoms with Crippen molar-refractivity contribution >= 4 is 23.1 Å². The van der Waals surface area contributed by atoms with E-state index in [1.165, 1.54) is 0 Å². The van der Waals surface area contributed by atoms with Gasteiger partial charge in [-0.2, -0.15) is 0 Å². The Morgan fingerprint density at radius 3 is 2.50 bits per heavy atom. The number of anilines is 1. The number of benzene rings is 1. The zero-order chi connectivity index (χ0) is 20.3. The largest absolute Gasteiger partial charge is 0.383 e. The van der Waals surface area contributed by atoms with Gasteiger partial charge in [0.25, 0.3) is 0 Å². The number of aromatic nitrogens is 1.